The lowest BCUT2D eigenvalue weighted by Crippen LogP contribution is -2.22. The summed E-state index contributed by atoms with van der Waals surface area (Å²) >= 11 is 0. The van der Waals surface area contributed by atoms with Crippen molar-refractivity contribution in [3.8, 4) is 0 Å². The van der Waals surface area contributed by atoms with E-state index < -0.39 is 8.87 Å². The Morgan fingerprint density at radius 1 is 1.29 bits per heavy atom. The molecular weight excluding hydrogens is 258 g/mol. The highest BCUT2D eigenvalue weighted by molar-refractivity contribution is 8.72. The van der Waals surface area contributed by atoms with Crippen LogP contribution in [0.3, 0.4) is 0 Å². The van der Waals surface area contributed by atoms with Crippen LogP contribution in [0.4, 0.5) is 0 Å². The predicted molar refractivity (Wildman–Crippen MR) is 69.5 cm³/mol. The molecule has 4 nitrogen and oxygen atoms in total. The minimum atomic E-state index is -3.31. The SMILES string of the molecule is CC(=O)NCCSS(=O)(=O)c1ccc(C)cc1. The van der Waals surface area contributed by atoms with Crippen molar-refractivity contribution in [2.75, 3.05) is 12.3 Å². The first-order valence-electron chi connectivity index (χ1n) is 5.12. The van der Waals surface area contributed by atoms with Gasteiger partial charge in [-0.25, -0.2) is 8.42 Å². The first-order valence-corrected chi connectivity index (χ1v) is 8.11. The van der Waals surface area contributed by atoms with Gasteiger partial charge in [-0.2, -0.15) is 0 Å². The van der Waals surface area contributed by atoms with E-state index >= 15 is 0 Å². The van der Waals surface area contributed by atoms with Gasteiger partial charge >= 0.3 is 0 Å². The van der Waals surface area contributed by atoms with Crippen LogP contribution in [0.15, 0.2) is 29.2 Å². The fourth-order valence-corrected chi connectivity index (χ4v) is 3.81. The number of carbonyl (C=O) groups is 1. The maximum atomic E-state index is 11.8. The van der Waals surface area contributed by atoms with Crippen LogP contribution >= 0.6 is 10.8 Å². The van der Waals surface area contributed by atoms with Crippen molar-refractivity contribution in [1.29, 1.82) is 0 Å². The normalized spacial score (nSPS) is 11.2. The van der Waals surface area contributed by atoms with Gasteiger partial charge in [0.2, 0.25) is 14.8 Å². The third-order valence-electron chi connectivity index (χ3n) is 2.02. The van der Waals surface area contributed by atoms with Gasteiger partial charge in [-0.15, -0.1) is 0 Å². The Bertz CT molecular complexity index is 480. The van der Waals surface area contributed by atoms with E-state index in [4.69, 9.17) is 0 Å². The smallest absolute Gasteiger partial charge is 0.230 e. The van der Waals surface area contributed by atoms with Gasteiger partial charge in [-0.3, -0.25) is 4.79 Å². The van der Waals surface area contributed by atoms with Crippen molar-refractivity contribution in [3.63, 3.8) is 0 Å². The fourth-order valence-electron chi connectivity index (χ4n) is 1.15. The second kappa shape index (κ2) is 6.07. The molecule has 0 aliphatic carbocycles. The Labute approximate surface area is 105 Å². The number of amides is 1. The molecule has 1 aromatic rings. The van der Waals surface area contributed by atoms with E-state index in [1.807, 2.05) is 6.92 Å². The molecule has 0 aliphatic heterocycles. The topological polar surface area (TPSA) is 63.2 Å². The zero-order chi connectivity index (χ0) is 12.9. The van der Waals surface area contributed by atoms with Crippen LogP contribution < -0.4 is 5.32 Å². The predicted octanol–water partition coefficient (Wildman–Crippen LogP) is 1.55. The standard InChI is InChI=1S/C11H15NO3S2/c1-9-3-5-11(6-4-9)17(14,15)16-8-7-12-10(2)13/h3-6H,7-8H2,1-2H3,(H,12,13). The number of hydrogen-bond acceptors (Lipinski definition) is 4. The van der Waals surface area contributed by atoms with Crippen molar-refractivity contribution in [2.45, 2.75) is 18.7 Å². The van der Waals surface area contributed by atoms with Crippen LogP contribution in [-0.2, 0) is 13.7 Å². The van der Waals surface area contributed by atoms with E-state index in [2.05, 4.69) is 5.32 Å². The Morgan fingerprint density at radius 3 is 2.41 bits per heavy atom. The summed E-state index contributed by atoms with van der Waals surface area (Å²) in [6, 6.07) is 6.72. The minimum Gasteiger partial charge on any atom is -0.355 e. The molecule has 0 unspecified atom stereocenters. The average molecular weight is 273 g/mol. The largest absolute Gasteiger partial charge is 0.355 e. The molecule has 0 saturated carbocycles. The molecule has 94 valence electrons. The molecule has 0 fully saturated rings. The van der Waals surface area contributed by atoms with Gasteiger partial charge in [-0.05, 0) is 29.9 Å². The Morgan fingerprint density at radius 2 is 1.88 bits per heavy atom. The molecule has 1 aromatic carbocycles. The van der Waals surface area contributed by atoms with E-state index in [0.29, 0.717) is 17.2 Å². The summed E-state index contributed by atoms with van der Waals surface area (Å²) in [4.78, 5) is 10.9. The number of nitrogens with one attached hydrogen (secondary N) is 1. The van der Waals surface area contributed by atoms with Crippen molar-refractivity contribution < 1.29 is 13.2 Å². The summed E-state index contributed by atoms with van der Waals surface area (Å²) in [7, 11) is -2.47. The average Bonchev–Trinajstić information content (AvgIpc) is 2.25. The van der Waals surface area contributed by atoms with E-state index in [1.54, 1.807) is 24.3 Å². The van der Waals surface area contributed by atoms with E-state index in [0.717, 1.165) is 16.4 Å². The highest BCUT2D eigenvalue weighted by Crippen LogP contribution is 2.22. The van der Waals surface area contributed by atoms with Gasteiger partial charge in [0, 0.05) is 19.2 Å². The van der Waals surface area contributed by atoms with Crippen LogP contribution in [0.2, 0.25) is 0 Å². The van der Waals surface area contributed by atoms with Gasteiger partial charge in [0.25, 0.3) is 0 Å². The number of benzene rings is 1. The lowest BCUT2D eigenvalue weighted by atomic mass is 10.2. The molecule has 1 amide bonds. The molecule has 0 spiro atoms. The van der Waals surface area contributed by atoms with Gasteiger partial charge in [0.05, 0.1) is 4.90 Å². The number of rotatable bonds is 5. The molecule has 17 heavy (non-hydrogen) atoms. The lowest BCUT2D eigenvalue weighted by Gasteiger charge is -2.04. The van der Waals surface area contributed by atoms with Crippen LogP contribution in [0, 0.1) is 6.92 Å². The number of hydrogen-bond donors (Lipinski definition) is 1. The maximum Gasteiger partial charge on any atom is 0.230 e. The molecule has 6 heteroatoms. The second-order valence-electron chi connectivity index (χ2n) is 3.57. The molecule has 0 bridgehead atoms. The summed E-state index contributed by atoms with van der Waals surface area (Å²) in [5, 5.41) is 2.55. The molecule has 0 aromatic heterocycles. The van der Waals surface area contributed by atoms with E-state index in [-0.39, 0.29) is 5.91 Å². The summed E-state index contributed by atoms with van der Waals surface area (Å²) in [5.74, 6) is 0.189. The van der Waals surface area contributed by atoms with Crippen molar-refractivity contribution in [1.82, 2.24) is 5.32 Å². The summed E-state index contributed by atoms with van der Waals surface area (Å²) in [6.45, 7) is 3.66. The van der Waals surface area contributed by atoms with Crippen LogP contribution in [0.1, 0.15) is 12.5 Å². The lowest BCUT2D eigenvalue weighted by molar-refractivity contribution is -0.118. The first kappa shape index (κ1) is 14.1. The van der Waals surface area contributed by atoms with Gasteiger partial charge in [0.1, 0.15) is 0 Å². The van der Waals surface area contributed by atoms with Gasteiger partial charge in [0.15, 0.2) is 0 Å². The zero-order valence-corrected chi connectivity index (χ0v) is 11.4. The summed E-state index contributed by atoms with van der Waals surface area (Å²) < 4.78 is 23.7. The highest BCUT2D eigenvalue weighted by atomic mass is 33.1. The van der Waals surface area contributed by atoms with Crippen LogP contribution in [0.25, 0.3) is 0 Å². The quantitative estimate of drug-likeness (QED) is 0.653. The monoisotopic (exact) mass is 273 g/mol. The number of carbonyl (C=O) groups excluding carboxylic acids is 1. The van der Waals surface area contributed by atoms with Crippen molar-refractivity contribution in [2.24, 2.45) is 0 Å². The third-order valence-corrected chi connectivity index (χ3v) is 5.56. The second-order valence-corrected chi connectivity index (χ2v) is 7.62. The molecular formula is C11H15NO3S2. The van der Waals surface area contributed by atoms with Gasteiger partial charge in [-0.1, -0.05) is 17.7 Å². The number of aryl methyl sites for hydroxylation is 1. The maximum absolute atomic E-state index is 11.8. The Balaban J connectivity index is 2.57. The molecule has 1 rings (SSSR count). The van der Waals surface area contributed by atoms with E-state index in [9.17, 15) is 13.2 Å². The van der Waals surface area contributed by atoms with Crippen LogP contribution in [-0.4, -0.2) is 26.6 Å². The molecule has 0 heterocycles. The van der Waals surface area contributed by atoms with Crippen molar-refractivity contribution >= 4 is 25.6 Å². The first-order chi connectivity index (χ1) is 7.92. The molecule has 0 saturated heterocycles. The van der Waals surface area contributed by atoms with E-state index in [1.165, 1.54) is 6.92 Å². The van der Waals surface area contributed by atoms with Crippen molar-refractivity contribution in [3.05, 3.63) is 29.8 Å². The molecule has 0 radical (unpaired) electrons. The summed E-state index contributed by atoms with van der Waals surface area (Å²) in [6.07, 6.45) is 0. The Kier molecular flexibility index (Phi) is 5.02. The van der Waals surface area contributed by atoms with Crippen LogP contribution in [0.5, 0.6) is 0 Å². The highest BCUT2D eigenvalue weighted by Gasteiger charge is 2.14. The zero-order valence-electron chi connectivity index (χ0n) is 9.76. The fraction of sp³-hybridized carbons (Fsp3) is 0.364. The molecule has 0 atom stereocenters. The molecule has 1 N–H and O–H groups in total. The summed E-state index contributed by atoms with van der Waals surface area (Å²) in [5.41, 5.74) is 1.02. The Hall–Kier alpha value is -1.01. The third kappa shape index (κ3) is 4.79. The minimum absolute atomic E-state index is 0.154. The molecule has 0 aliphatic rings. The van der Waals surface area contributed by atoms with Gasteiger partial charge < -0.3 is 5.32 Å².